The number of carbonyl (C=O) groups is 2. The molecule has 1 aromatic carbocycles. The number of hydrogen-bond donors (Lipinski definition) is 3. The summed E-state index contributed by atoms with van der Waals surface area (Å²) in [5, 5.41) is 16.6. The maximum absolute atomic E-state index is 11.9. The Kier molecular flexibility index (Phi) is 6.16. The number of aliphatic hydroxyl groups excluding tert-OH is 1. The molecule has 3 N–H and O–H groups in total. The fourth-order valence-electron chi connectivity index (χ4n) is 1.95. The minimum absolute atomic E-state index is 0.0430. The zero-order chi connectivity index (χ0) is 17.5. The normalized spacial score (nSPS) is 11.5. The first-order valence-corrected chi connectivity index (χ1v) is 7.95. The highest BCUT2D eigenvalue weighted by Crippen LogP contribution is 2.29. The number of thiophene rings is 1. The summed E-state index contributed by atoms with van der Waals surface area (Å²) >= 11 is 1.37. The lowest BCUT2D eigenvalue weighted by atomic mass is 10.2. The summed E-state index contributed by atoms with van der Waals surface area (Å²) < 4.78 is 10.2. The van der Waals surface area contributed by atoms with Gasteiger partial charge in [-0.2, -0.15) is 0 Å². The maximum Gasteiger partial charge on any atom is 0.313 e. The lowest BCUT2D eigenvalue weighted by Gasteiger charge is -2.12. The number of amides is 2. The molecule has 1 aromatic heterocycles. The van der Waals surface area contributed by atoms with Crippen molar-refractivity contribution in [3.05, 3.63) is 40.6 Å². The van der Waals surface area contributed by atoms with E-state index in [1.165, 1.54) is 25.6 Å². The second kappa shape index (κ2) is 8.32. The molecule has 8 heteroatoms. The van der Waals surface area contributed by atoms with Gasteiger partial charge in [-0.15, -0.1) is 11.3 Å². The summed E-state index contributed by atoms with van der Waals surface area (Å²) in [4.78, 5) is 24.4. The average Bonchev–Trinajstić information content (AvgIpc) is 3.13. The molecule has 0 radical (unpaired) electrons. The standard InChI is InChI=1S/C16H18N2O5S/c1-22-12-6-5-10(8-13(12)23-2)18-16(21)15(20)17-9-11(19)14-4-3-7-24-14/h3-8,11,19H,9H2,1-2H3,(H,17,20)(H,18,21)/t11-/m0/s1. The smallest absolute Gasteiger partial charge is 0.313 e. The molecule has 0 aliphatic carbocycles. The molecular formula is C16H18N2O5S. The fourth-order valence-corrected chi connectivity index (χ4v) is 2.66. The molecule has 0 spiro atoms. The molecule has 0 fully saturated rings. The van der Waals surface area contributed by atoms with Crippen molar-refractivity contribution >= 4 is 28.8 Å². The van der Waals surface area contributed by atoms with E-state index in [4.69, 9.17) is 9.47 Å². The topological polar surface area (TPSA) is 96.9 Å². The highest BCUT2D eigenvalue weighted by Gasteiger charge is 2.17. The zero-order valence-electron chi connectivity index (χ0n) is 13.2. The molecule has 0 saturated carbocycles. The minimum Gasteiger partial charge on any atom is -0.493 e. The highest BCUT2D eigenvalue weighted by molar-refractivity contribution is 7.10. The summed E-state index contributed by atoms with van der Waals surface area (Å²) in [7, 11) is 2.98. The van der Waals surface area contributed by atoms with Crippen LogP contribution in [0.3, 0.4) is 0 Å². The lowest BCUT2D eigenvalue weighted by Crippen LogP contribution is -2.37. The molecule has 1 heterocycles. The van der Waals surface area contributed by atoms with Crippen molar-refractivity contribution in [2.75, 3.05) is 26.1 Å². The van der Waals surface area contributed by atoms with Gasteiger partial charge in [0, 0.05) is 23.2 Å². The molecular weight excluding hydrogens is 332 g/mol. The van der Waals surface area contributed by atoms with E-state index in [1.807, 2.05) is 5.38 Å². The number of nitrogens with one attached hydrogen (secondary N) is 2. The Morgan fingerprint density at radius 1 is 1.17 bits per heavy atom. The Balaban J connectivity index is 1.90. The summed E-state index contributed by atoms with van der Waals surface area (Å²) in [6.45, 7) is -0.0430. The van der Waals surface area contributed by atoms with Crippen molar-refractivity contribution in [3.8, 4) is 11.5 Å². The molecule has 0 aliphatic heterocycles. The molecule has 2 aromatic rings. The van der Waals surface area contributed by atoms with Crippen molar-refractivity contribution in [2.45, 2.75) is 6.10 Å². The summed E-state index contributed by atoms with van der Waals surface area (Å²) in [6.07, 6.45) is -0.845. The molecule has 7 nitrogen and oxygen atoms in total. The Hall–Kier alpha value is -2.58. The molecule has 128 valence electrons. The average molecular weight is 350 g/mol. The third-order valence-electron chi connectivity index (χ3n) is 3.18. The van der Waals surface area contributed by atoms with Gasteiger partial charge in [-0.1, -0.05) is 6.07 Å². The van der Waals surface area contributed by atoms with E-state index in [9.17, 15) is 14.7 Å². The van der Waals surface area contributed by atoms with Gasteiger partial charge in [0.15, 0.2) is 11.5 Å². The SMILES string of the molecule is COc1ccc(NC(=O)C(=O)NC[C@H](O)c2cccs2)cc1OC. The molecule has 0 bridgehead atoms. The van der Waals surface area contributed by atoms with Gasteiger partial charge in [0.25, 0.3) is 0 Å². The Labute approximate surface area is 143 Å². The molecule has 0 aliphatic rings. The quantitative estimate of drug-likeness (QED) is 0.687. The molecule has 0 unspecified atom stereocenters. The van der Waals surface area contributed by atoms with E-state index in [-0.39, 0.29) is 6.54 Å². The van der Waals surface area contributed by atoms with Gasteiger partial charge in [0.05, 0.1) is 14.2 Å². The number of carbonyl (C=O) groups excluding carboxylic acids is 2. The number of rotatable bonds is 6. The van der Waals surface area contributed by atoms with E-state index in [0.717, 1.165) is 4.88 Å². The number of benzene rings is 1. The summed E-state index contributed by atoms with van der Waals surface area (Å²) in [5.41, 5.74) is 0.395. The zero-order valence-corrected chi connectivity index (χ0v) is 14.1. The second-order valence-corrected chi connectivity index (χ2v) is 5.74. The Morgan fingerprint density at radius 3 is 2.54 bits per heavy atom. The largest absolute Gasteiger partial charge is 0.493 e. The number of anilines is 1. The van der Waals surface area contributed by atoms with Crippen LogP contribution in [0.1, 0.15) is 11.0 Å². The predicted octanol–water partition coefficient (Wildman–Crippen LogP) is 1.55. The number of methoxy groups -OCH3 is 2. The molecule has 24 heavy (non-hydrogen) atoms. The van der Waals surface area contributed by atoms with Crippen LogP contribution in [0.5, 0.6) is 11.5 Å². The summed E-state index contributed by atoms with van der Waals surface area (Å²) in [5.74, 6) is -0.719. The van der Waals surface area contributed by atoms with Crippen molar-refractivity contribution in [3.63, 3.8) is 0 Å². The van der Waals surface area contributed by atoms with Crippen molar-refractivity contribution < 1.29 is 24.2 Å². The second-order valence-electron chi connectivity index (χ2n) is 4.77. The highest BCUT2D eigenvalue weighted by atomic mass is 32.1. The van der Waals surface area contributed by atoms with Gasteiger partial charge in [-0.3, -0.25) is 9.59 Å². The van der Waals surface area contributed by atoms with Crippen LogP contribution in [0, 0.1) is 0 Å². The third kappa shape index (κ3) is 4.46. The Morgan fingerprint density at radius 2 is 1.92 bits per heavy atom. The number of hydrogen-bond acceptors (Lipinski definition) is 6. The maximum atomic E-state index is 11.9. The molecule has 2 amide bonds. The van der Waals surface area contributed by atoms with Crippen LogP contribution >= 0.6 is 11.3 Å². The van der Waals surface area contributed by atoms with E-state index in [0.29, 0.717) is 17.2 Å². The van der Waals surface area contributed by atoms with Crippen molar-refractivity contribution in [1.29, 1.82) is 0 Å². The van der Waals surface area contributed by atoms with Gasteiger partial charge >= 0.3 is 11.8 Å². The molecule has 0 saturated heterocycles. The van der Waals surface area contributed by atoms with E-state index >= 15 is 0 Å². The first-order valence-electron chi connectivity index (χ1n) is 7.07. The van der Waals surface area contributed by atoms with Crippen molar-refractivity contribution in [2.24, 2.45) is 0 Å². The number of ether oxygens (including phenoxy) is 2. The first kappa shape index (κ1) is 17.8. The first-order chi connectivity index (χ1) is 11.5. The van der Waals surface area contributed by atoms with Gasteiger partial charge in [0.2, 0.25) is 0 Å². The van der Waals surface area contributed by atoms with Crippen LogP contribution in [0.4, 0.5) is 5.69 Å². The lowest BCUT2D eigenvalue weighted by molar-refractivity contribution is -0.136. The number of aliphatic hydroxyl groups is 1. The minimum atomic E-state index is -0.845. The van der Waals surface area contributed by atoms with Gasteiger partial charge in [0.1, 0.15) is 6.10 Å². The predicted molar refractivity (Wildman–Crippen MR) is 90.5 cm³/mol. The van der Waals surface area contributed by atoms with Gasteiger partial charge in [-0.25, -0.2) is 0 Å². The third-order valence-corrected chi connectivity index (χ3v) is 4.15. The van der Waals surface area contributed by atoms with Crippen LogP contribution in [-0.2, 0) is 9.59 Å². The van der Waals surface area contributed by atoms with Crippen LogP contribution in [0.15, 0.2) is 35.7 Å². The fraction of sp³-hybridized carbons (Fsp3) is 0.250. The van der Waals surface area contributed by atoms with E-state index < -0.39 is 17.9 Å². The van der Waals surface area contributed by atoms with Gasteiger partial charge in [-0.05, 0) is 23.6 Å². The van der Waals surface area contributed by atoms with Crippen molar-refractivity contribution in [1.82, 2.24) is 5.32 Å². The van der Waals surface area contributed by atoms with Crippen LogP contribution in [-0.4, -0.2) is 37.7 Å². The van der Waals surface area contributed by atoms with Crippen LogP contribution in [0.2, 0.25) is 0 Å². The van der Waals surface area contributed by atoms with Gasteiger partial charge < -0.3 is 25.2 Å². The summed E-state index contributed by atoms with van der Waals surface area (Å²) in [6, 6.07) is 8.31. The monoisotopic (exact) mass is 350 g/mol. The van der Waals surface area contributed by atoms with Crippen LogP contribution < -0.4 is 20.1 Å². The van der Waals surface area contributed by atoms with E-state index in [2.05, 4.69) is 10.6 Å². The molecule has 2 rings (SSSR count). The Bertz CT molecular complexity index is 702. The van der Waals surface area contributed by atoms with Crippen LogP contribution in [0.25, 0.3) is 0 Å². The van der Waals surface area contributed by atoms with E-state index in [1.54, 1.807) is 30.3 Å². The molecule has 1 atom stereocenters.